The third-order valence-corrected chi connectivity index (χ3v) is 6.25. The van der Waals surface area contributed by atoms with Gasteiger partial charge < -0.3 is 4.74 Å². The van der Waals surface area contributed by atoms with Gasteiger partial charge >= 0.3 is 5.97 Å². The highest BCUT2D eigenvalue weighted by Crippen LogP contribution is 2.30. The molecule has 160 valence electrons. The van der Waals surface area contributed by atoms with Gasteiger partial charge in [-0.05, 0) is 36.2 Å². The number of carbonyl (C=O) groups excluding carboxylic acids is 1. The summed E-state index contributed by atoms with van der Waals surface area (Å²) in [5, 5.41) is 9.77. The molecule has 1 unspecified atom stereocenters. The molecule has 0 radical (unpaired) electrons. The quantitative estimate of drug-likeness (QED) is 0.227. The fourth-order valence-electron chi connectivity index (χ4n) is 2.98. The molecule has 0 spiro atoms. The number of para-hydroxylation sites is 1. The summed E-state index contributed by atoms with van der Waals surface area (Å²) in [6.07, 6.45) is -0.117. The first kappa shape index (κ1) is 22.0. The van der Waals surface area contributed by atoms with Gasteiger partial charge in [0, 0.05) is 24.2 Å². The molecule has 0 fully saturated rings. The summed E-state index contributed by atoms with van der Waals surface area (Å²) in [6, 6.07) is 22.1. The zero-order valence-electron chi connectivity index (χ0n) is 16.4. The number of anilines is 1. The van der Waals surface area contributed by atoms with E-state index in [0.29, 0.717) is 11.3 Å². The number of esters is 1. The van der Waals surface area contributed by atoms with Gasteiger partial charge in [-0.2, -0.15) is 0 Å². The minimum atomic E-state index is -3.96. The predicted octanol–water partition coefficient (Wildman–Crippen LogP) is 4.46. The van der Waals surface area contributed by atoms with E-state index in [0.717, 1.165) is 0 Å². The summed E-state index contributed by atoms with van der Waals surface area (Å²) >= 11 is 0. The molecular weight excluding hydrogens is 420 g/mol. The molecule has 0 saturated carbocycles. The van der Waals surface area contributed by atoms with E-state index in [1.54, 1.807) is 60.7 Å². The normalized spacial score (nSPS) is 12.0. The smallest absolute Gasteiger partial charge is 0.311 e. The first-order chi connectivity index (χ1) is 14.8. The number of benzene rings is 3. The maximum atomic E-state index is 13.1. The zero-order valence-corrected chi connectivity index (χ0v) is 17.2. The molecule has 0 bridgehead atoms. The molecule has 1 atom stereocenters. The lowest BCUT2D eigenvalue weighted by Gasteiger charge is -2.19. The lowest BCUT2D eigenvalue weighted by atomic mass is 10.1. The molecule has 0 saturated heterocycles. The number of nitro benzene ring substituents is 1. The Morgan fingerprint density at radius 1 is 0.935 bits per heavy atom. The molecule has 0 aliphatic carbocycles. The highest BCUT2D eigenvalue weighted by atomic mass is 32.2. The Bertz CT molecular complexity index is 1130. The fourth-order valence-corrected chi connectivity index (χ4v) is 4.53. The number of non-ortho nitro benzene ring substituents is 1. The summed E-state index contributed by atoms with van der Waals surface area (Å²) in [6.45, 7) is 0. The Morgan fingerprint density at radius 2 is 1.52 bits per heavy atom. The third kappa shape index (κ3) is 6.13. The second-order valence-electron chi connectivity index (χ2n) is 6.68. The average molecular weight is 440 g/mol. The molecule has 0 amide bonds. The van der Waals surface area contributed by atoms with E-state index in [1.807, 2.05) is 0 Å². The van der Waals surface area contributed by atoms with Crippen LogP contribution < -0.4 is 9.46 Å². The van der Waals surface area contributed by atoms with Crippen LogP contribution in [0.4, 0.5) is 11.4 Å². The molecule has 0 aliphatic rings. The van der Waals surface area contributed by atoms with Gasteiger partial charge in [0.15, 0.2) is 0 Å². The molecule has 3 aromatic rings. The van der Waals surface area contributed by atoms with E-state index < -0.39 is 26.2 Å². The van der Waals surface area contributed by atoms with Crippen molar-refractivity contribution in [3.05, 3.63) is 101 Å². The molecule has 3 aromatic carbocycles. The monoisotopic (exact) mass is 440 g/mol. The number of carbonyl (C=O) groups is 1. The van der Waals surface area contributed by atoms with Crippen molar-refractivity contribution in [1.29, 1.82) is 0 Å². The maximum Gasteiger partial charge on any atom is 0.311 e. The second kappa shape index (κ2) is 9.86. The van der Waals surface area contributed by atoms with Crippen molar-refractivity contribution in [2.75, 3.05) is 4.72 Å². The SMILES string of the molecule is O=C(CCC(c1ccccc1)S(=O)(=O)Nc1ccc([N+](=O)[O-])cc1)Oc1ccccc1. The van der Waals surface area contributed by atoms with Gasteiger partial charge in [0.1, 0.15) is 11.0 Å². The van der Waals surface area contributed by atoms with Gasteiger partial charge in [-0.1, -0.05) is 48.5 Å². The van der Waals surface area contributed by atoms with Gasteiger partial charge in [0.05, 0.1) is 4.92 Å². The van der Waals surface area contributed by atoms with Crippen LogP contribution in [0.3, 0.4) is 0 Å². The van der Waals surface area contributed by atoms with Crippen LogP contribution >= 0.6 is 0 Å². The van der Waals surface area contributed by atoms with Crippen LogP contribution in [-0.2, 0) is 14.8 Å². The van der Waals surface area contributed by atoms with Crippen molar-refractivity contribution in [2.24, 2.45) is 0 Å². The molecule has 0 heterocycles. The number of sulfonamides is 1. The summed E-state index contributed by atoms with van der Waals surface area (Å²) < 4.78 is 33.9. The van der Waals surface area contributed by atoms with Gasteiger partial charge in [-0.15, -0.1) is 0 Å². The fraction of sp³-hybridized carbons (Fsp3) is 0.136. The number of nitro groups is 1. The Labute approximate surface area is 179 Å². The van der Waals surface area contributed by atoms with Crippen molar-refractivity contribution in [2.45, 2.75) is 18.1 Å². The Kier molecular flexibility index (Phi) is 6.99. The van der Waals surface area contributed by atoms with Gasteiger partial charge in [0.2, 0.25) is 10.0 Å². The number of ether oxygens (including phenoxy) is 1. The minimum Gasteiger partial charge on any atom is -0.427 e. The minimum absolute atomic E-state index is 0.00199. The Hall–Kier alpha value is -3.72. The van der Waals surface area contributed by atoms with Crippen molar-refractivity contribution < 1.29 is 22.9 Å². The topological polar surface area (TPSA) is 116 Å². The van der Waals surface area contributed by atoms with E-state index in [4.69, 9.17) is 4.74 Å². The number of rotatable bonds is 9. The van der Waals surface area contributed by atoms with Crippen LogP contribution in [0.5, 0.6) is 5.75 Å². The molecule has 9 heteroatoms. The van der Waals surface area contributed by atoms with Crippen LogP contribution in [0, 0.1) is 10.1 Å². The van der Waals surface area contributed by atoms with Gasteiger partial charge in [-0.3, -0.25) is 19.6 Å². The summed E-state index contributed by atoms with van der Waals surface area (Å²) in [5.74, 6) is -0.159. The molecule has 0 aromatic heterocycles. The van der Waals surface area contributed by atoms with Crippen LogP contribution in [0.25, 0.3) is 0 Å². The van der Waals surface area contributed by atoms with Crippen LogP contribution in [-0.4, -0.2) is 19.3 Å². The number of hydrogen-bond donors (Lipinski definition) is 1. The Morgan fingerprint density at radius 3 is 2.10 bits per heavy atom. The first-order valence-corrected chi connectivity index (χ1v) is 11.0. The number of nitrogens with zero attached hydrogens (tertiary/aromatic N) is 1. The summed E-state index contributed by atoms with van der Waals surface area (Å²) in [4.78, 5) is 22.5. The summed E-state index contributed by atoms with van der Waals surface area (Å²) in [5.41, 5.74) is 0.564. The van der Waals surface area contributed by atoms with E-state index in [1.165, 1.54) is 24.3 Å². The Balaban J connectivity index is 1.76. The lowest BCUT2D eigenvalue weighted by Crippen LogP contribution is -2.23. The van der Waals surface area contributed by atoms with E-state index in [9.17, 15) is 23.3 Å². The molecule has 0 aliphatic heterocycles. The third-order valence-electron chi connectivity index (χ3n) is 4.47. The standard InChI is InChI=1S/C22H20N2O6S/c25-22(30-20-9-5-2-6-10-20)16-15-21(17-7-3-1-4-8-17)31(28,29)23-18-11-13-19(14-12-18)24(26)27/h1-14,21,23H,15-16H2. The van der Waals surface area contributed by atoms with E-state index in [-0.39, 0.29) is 24.2 Å². The zero-order chi connectivity index (χ0) is 22.3. The largest absolute Gasteiger partial charge is 0.427 e. The first-order valence-electron chi connectivity index (χ1n) is 9.42. The second-order valence-corrected chi connectivity index (χ2v) is 8.54. The molecule has 1 N–H and O–H groups in total. The van der Waals surface area contributed by atoms with Gasteiger partial charge in [-0.25, -0.2) is 8.42 Å². The molecule has 8 nitrogen and oxygen atoms in total. The molecular formula is C22H20N2O6S. The van der Waals surface area contributed by atoms with E-state index >= 15 is 0 Å². The van der Waals surface area contributed by atoms with Crippen molar-refractivity contribution in [3.8, 4) is 5.75 Å². The summed E-state index contributed by atoms with van der Waals surface area (Å²) in [7, 11) is -3.96. The molecule has 31 heavy (non-hydrogen) atoms. The van der Waals surface area contributed by atoms with E-state index in [2.05, 4.69) is 4.72 Å². The van der Waals surface area contributed by atoms with Crippen molar-refractivity contribution in [1.82, 2.24) is 0 Å². The highest BCUT2D eigenvalue weighted by Gasteiger charge is 2.28. The average Bonchev–Trinajstić information content (AvgIpc) is 2.75. The van der Waals surface area contributed by atoms with Crippen LogP contribution in [0.15, 0.2) is 84.9 Å². The van der Waals surface area contributed by atoms with Crippen LogP contribution in [0.1, 0.15) is 23.7 Å². The van der Waals surface area contributed by atoms with Crippen LogP contribution in [0.2, 0.25) is 0 Å². The van der Waals surface area contributed by atoms with Crippen molar-refractivity contribution in [3.63, 3.8) is 0 Å². The highest BCUT2D eigenvalue weighted by molar-refractivity contribution is 7.92. The molecule has 3 rings (SSSR count). The van der Waals surface area contributed by atoms with Gasteiger partial charge in [0.25, 0.3) is 5.69 Å². The lowest BCUT2D eigenvalue weighted by molar-refractivity contribution is -0.384. The number of nitrogens with one attached hydrogen (secondary N) is 1. The maximum absolute atomic E-state index is 13.1. The number of hydrogen-bond acceptors (Lipinski definition) is 6. The van der Waals surface area contributed by atoms with Crippen molar-refractivity contribution >= 4 is 27.4 Å². The predicted molar refractivity (Wildman–Crippen MR) is 116 cm³/mol.